The van der Waals surface area contributed by atoms with Crippen LogP contribution in [-0.4, -0.2) is 4.98 Å². The summed E-state index contributed by atoms with van der Waals surface area (Å²) < 4.78 is 5.66. The fourth-order valence-electron chi connectivity index (χ4n) is 2.06. The number of hydrogen-bond acceptors (Lipinski definition) is 3. The summed E-state index contributed by atoms with van der Waals surface area (Å²) in [5.41, 5.74) is 2.02. The Morgan fingerprint density at radius 2 is 1.95 bits per heavy atom. The monoisotopic (exact) mass is 252 g/mol. The molecule has 0 amide bonds. The van der Waals surface area contributed by atoms with E-state index >= 15 is 0 Å². The van der Waals surface area contributed by atoms with Crippen molar-refractivity contribution < 1.29 is 4.42 Å². The number of hydrogen-bond donors (Lipinski definition) is 1. The minimum atomic E-state index is 0.681. The van der Waals surface area contributed by atoms with Gasteiger partial charge in [-0.3, -0.25) is 4.98 Å². The van der Waals surface area contributed by atoms with Crippen molar-refractivity contribution >= 4 is 16.6 Å². The standard InChI is InChI=1S/C16H16N2O/c1-2-14-7-8-15(19-14)11-17-13-9-12-5-3-4-6-16(12)18-10-13/h3-10,17H,2,11H2,1H3. The number of rotatable bonds is 4. The summed E-state index contributed by atoms with van der Waals surface area (Å²) >= 11 is 0. The second-order valence-electron chi connectivity index (χ2n) is 4.49. The molecule has 19 heavy (non-hydrogen) atoms. The Hall–Kier alpha value is -2.29. The lowest BCUT2D eigenvalue weighted by Crippen LogP contribution is -1.98. The molecule has 0 aliphatic carbocycles. The highest BCUT2D eigenvalue weighted by Crippen LogP contribution is 2.17. The van der Waals surface area contributed by atoms with Gasteiger partial charge in [-0.25, -0.2) is 0 Å². The third-order valence-electron chi connectivity index (χ3n) is 3.12. The van der Waals surface area contributed by atoms with Crippen molar-refractivity contribution in [1.82, 2.24) is 4.98 Å². The molecule has 0 fully saturated rings. The molecule has 0 saturated carbocycles. The van der Waals surface area contributed by atoms with Gasteiger partial charge >= 0.3 is 0 Å². The van der Waals surface area contributed by atoms with Crippen molar-refractivity contribution in [3.05, 3.63) is 60.2 Å². The van der Waals surface area contributed by atoms with Gasteiger partial charge in [0.15, 0.2) is 0 Å². The van der Waals surface area contributed by atoms with Crippen molar-refractivity contribution in [2.75, 3.05) is 5.32 Å². The highest BCUT2D eigenvalue weighted by Gasteiger charge is 2.01. The van der Waals surface area contributed by atoms with Crippen LogP contribution < -0.4 is 5.32 Å². The van der Waals surface area contributed by atoms with Crippen molar-refractivity contribution in [2.24, 2.45) is 0 Å². The molecule has 2 aromatic heterocycles. The van der Waals surface area contributed by atoms with Gasteiger partial charge in [0, 0.05) is 11.8 Å². The summed E-state index contributed by atoms with van der Waals surface area (Å²) in [6.07, 6.45) is 2.78. The van der Waals surface area contributed by atoms with Crippen molar-refractivity contribution in [2.45, 2.75) is 19.9 Å². The van der Waals surface area contributed by atoms with Gasteiger partial charge in [-0.1, -0.05) is 25.1 Å². The lowest BCUT2D eigenvalue weighted by Gasteiger charge is -2.05. The molecule has 0 unspecified atom stereocenters. The van der Waals surface area contributed by atoms with Crippen LogP contribution in [0.25, 0.3) is 10.9 Å². The Morgan fingerprint density at radius 3 is 2.79 bits per heavy atom. The highest BCUT2D eigenvalue weighted by atomic mass is 16.3. The number of benzene rings is 1. The van der Waals surface area contributed by atoms with Gasteiger partial charge in [0.2, 0.25) is 0 Å². The molecular formula is C16H16N2O. The number of anilines is 1. The smallest absolute Gasteiger partial charge is 0.123 e. The van der Waals surface area contributed by atoms with Crippen LogP contribution in [0.4, 0.5) is 5.69 Å². The van der Waals surface area contributed by atoms with Crippen LogP contribution in [0.15, 0.2) is 53.1 Å². The molecule has 3 aromatic rings. The minimum Gasteiger partial charge on any atom is -0.464 e. The molecule has 0 atom stereocenters. The van der Waals surface area contributed by atoms with Crippen LogP contribution in [0.1, 0.15) is 18.4 Å². The molecule has 0 aliphatic heterocycles. The van der Waals surface area contributed by atoms with Crippen molar-refractivity contribution in [3.63, 3.8) is 0 Å². The van der Waals surface area contributed by atoms with E-state index in [0.717, 1.165) is 34.5 Å². The lowest BCUT2D eigenvalue weighted by molar-refractivity contribution is 0.476. The largest absolute Gasteiger partial charge is 0.464 e. The van der Waals surface area contributed by atoms with Crippen molar-refractivity contribution in [3.8, 4) is 0 Å². The molecule has 96 valence electrons. The van der Waals surface area contributed by atoms with E-state index in [2.05, 4.69) is 29.4 Å². The summed E-state index contributed by atoms with van der Waals surface area (Å²) in [6, 6.07) is 14.2. The van der Waals surface area contributed by atoms with Gasteiger partial charge in [-0.05, 0) is 24.3 Å². The number of nitrogens with one attached hydrogen (secondary N) is 1. The SMILES string of the molecule is CCc1ccc(CNc2cnc3ccccc3c2)o1. The number of fused-ring (bicyclic) bond motifs is 1. The Labute approximate surface area is 112 Å². The molecular weight excluding hydrogens is 236 g/mol. The molecule has 0 bridgehead atoms. The summed E-state index contributed by atoms with van der Waals surface area (Å²) in [5, 5.41) is 4.47. The minimum absolute atomic E-state index is 0.681. The van der Waals surface area contributed by atoms with Gasteiger partial charge in [0.1, 0.15) is 11.5 Å². The van der Waals surface area contributed by atoms with Crippen LogP contribution in [0.2, 0.25) is 0 Å². The number of aryl methyl sites for hydroxylation is 1. The fourth-order valence-corrected chi connectivity index (χ4v) is 2.06. The molecule has 3 nitrogen and oxygen atoms in total. The normalized spacial score (nSPS) is 10.8. The van der Waals surface area contributed by atoms with Gasteiger partial charge in [0.05, 0.1) is 23.9 Å². The first-order valence-corrected chi connectivity index (χ1v) is 6.51. The topological polar surface area (TPSA) is 38.1 Å². The summed E-state index contributed by atoms with van der Waals surface area (Å²) in [7, 11) is 0. The first kappa shape index (κ1) is 11.8. The van der Waals surface area contributed by atoms with E-state index in [1.165, 1.54) is 0 Å². The van der Waals surface area contributed by atoms with Crippen LogP contribution in [0, 0.1) is 0 Å². The predicted molar refractivity (Wildman–Crippen MR) is 77.2 cm³/mol. The zero-order valence-corrected chi connectivity index (χ0v) is 10.9. The van der Waals surface area contributed by atoms with Gasteiger partial charge < -0.3 is 9.73 Å². The average molecular weight is 252 g/mol. The van der Waals surface area contributed by atoms with E-state index in [0.29, 0.717) is 6.54 Å². The lowest BCUT2D eigenvalue weighted by atomic mass is 10.2. The molecule has 1 N–H and O–H groups in total. The number of furan rings is 1. The fraction of sp³-hybridized carbons (Fsp3) is 0.188. The second kappa shape index (κ2) is 5.14. The predicted octanol–water partition coefficient (Wildman–Crippen LogP) is 4.00. The van der Waals surface area contributed by atoms with E-state index in [-0.39, 0.29) is 0 Å². The number of aromatic nitrogens is 1. The van der Waals surface area contributed by atoms with E-state index in [1.54, 1.807) is 0 Å². The van der Waals surface area contributed by atoms with Gasteiger partial charge in [0.25, 0.3) is 0 Å². The van der Waals surface area contributed by atoms with Gasteiger partial charge in [-0.2, -0.15) is 0 Å². The van der Waals surface area contributed by atoms with E-state index in [4.69, 9.17) is 4.42 Å². The molecule has 0 saturated heterocycles. The van der Waals surface area contributed by atoms with Gasteiger partial charge in [-0.15, -0.1) is 0 Å². The first-order chi connectivity index (χ1) is 9.35. The van der Waals surface area contributed by atoms with Crippen LogP contribution in [-0.2, 0) is 13.0 Å². The maximum Gasteiger partial charge on any atom is 0.123 e. The Morgan fingerprint density at radius 1 is 1.11 bits per heavy atom. The Bertz CT molecular complexity index is 688. The highest BCUT2D eigenvalue weighted by molar-refractivity contribution is 5.81. The molecule has 0 radical (unpaired) electrons. The first-order valence-electron chi connectivity index (χ1n) is 6.51. The molecule has 0 spiro atoms. The third kappa shape index (κ3) is 2.60. The maximum absolute atomic E-state index is 5.66. The molecule has 3 heteroatoms. The number of para-hydroxylation sites is 1. The zero-order valence-electron chi connectivity index (χ0n) is 10.9. The Kier molecular flexibility index (Phi) is 3.19. The second-order valence-corrected chi connectivity index (χ2v) is 4.49. The third-order valence-corrected chi connectivity index (χ3v) is 3.12. The average Bonchev–Trinajstić information content (AvgIpc) is 2.93. The maximum atomic E-state index is 5.66. The zero-order chi connectivity index (χ0) is 13.1. The summed E-state index contributed by atoms with van der Waals surface area (Å²) in [5.74, 6) is 1.97. The van der Waals surface area contributed by atoms with E-state index in [1.807, 2.05) is 36.5 Å². The summed E-state index contributed by atoms with van der Waals surface area (Å²) in [6.45, 7) is 2.77. The Balaban J connectivity index is 1.74. The van der Waals surface area contributed by atoms with Crippen LogP contribution in [0.3, 0.4) is 0 Å². The van der Waals surface area contributed by atoms with Crippen LogP contribution in [0.5, 0.6) is 0 Å². The number of pyridine rings is 1. The quantitative estimate of drug-likeness (QED) is 0.762. The molecule has 1 aromatic carbocycles. The van der Waals surface area contributed by atoms with E-state index < -0.39 is 0 Å². The summed E-state index contributed by atoms with van der Waals surface area (Å²) in [4.78, 5) is 4.42. The van der Waals surface area contributed by atoms with Crippen LogP contribution >= 0.6 is 0 Å². The molecule has 0 aliphatic rings. The molecule has 2 heterocycles. The molecule has 3 rings (SSSR count). The van der Waals surface area contributed by atoms with E-state index in [9.17, 15) is 0 Å². The van der Waals surface area contributed by atoms with Crippen molar-refractivity contribution in [1.29, 1.82) is 0 Å². The number of nitrogens with zero attached hydrogens (tertiary/aromatic N) is 1.